The molecule has 0 saturated carbocycles. The molecule has 0 aliphatic carbocycles. The van der Waals surface area contributed by atoms with Gasteiger partial charge in [0.25, 0.3) is 0 Å². The number of carboxylic acids is 1. The van der Waals surface area contributed by atoms with Crippen molar-refractivity contribution in [2.75, 3.05) is 19.6 Å². The summed E-state index contributed by atoms with van der Waals surface area (Å²) < 4.78 is 0. The number of nitrogens with zero attached hydrogens (tertiary/aromatic N) is 2. The first-order valence-corrected chi connectivity index (χ1v) is 8.86. The highest BCUT2D eigenvalue weighted by Crippen LogP contribution is 2.23. The average Bonchev–Trinajstić information content (AvgIpc) is 2.67. The van der Waals surface area contributed by atoms with Crippen LogP contribution in [0.2, 0.25) is 0 Å². The molecule has 4 heteroatoms. The molecule has 1 saturated heterocycles. The van der Waals surface area contributed by atoms with Crippen molar-refractivity contribution >= 4 is 11.5 Å². The van der Waals surface area contributed by atoms with Crippen molar-refractivity contribution in [1.82, 2.24) is 9.88 Å². The Bertz CT molecular complexity index is 672. The van der Waals surface area contributed by atoms with Crippen LogP contribution in [0.3, 0.4) is 0 Å². The molecule has 1 unspecified atom stereocenters. The van der Waals surface area contributed by atoms with E-state index < -0.39 is 5.97 Å². The molecule has 130 valence electrons. The topological polar surface area (TPSA) is 53.4 Å². The second-order valence-electron chi connectivity index (χ2n) is 6.47. The molecule has 1 N–H and O–H groups in total. The quantitative estimate of drug-likeness (QED) is 0.874. The second-order valence-corrected chi connectivity index (χ2v) is 6.47. The minimum atomic E-state index is -0.668. The van der Waals surface area contributed by atoms with Gasteiger partial charge in [-0.2, -0.15) is 0 Å². The second kappa shape index (κ2) is 8.58. The monoisotopic (exact) mass is 336 g/mol. The van der Waals surface area contributed by atoms with Gasteiger partial charge in [-0.25, -0.2) is 0 Å². The van der Waals surface area contributed by atoms with E-state index in [1.807, 2.05) is 42.6 Å². The Morgan fingerprint density at radius 2 is 2.00 bits per heavy atom. The Labute approximate surface area is 148 Å². The van der Waals surface area contributed by atoms with Gasteiger partial charge in [0.15, 0.2) is 0 Å². The van der Waals surface area contributed by atoms with Crippen molar-refractivity contribution < 1.29 is 9.90 Å². The van der Waals surface area contributed by atoms with Crippen molar-refractivity contribution in [3.8, 4) is 0 Å². The molecule has 0 amide bonds. The predicted molar refractivity (Wildman–Crippen MR) is 99.2 cm³/mol. The zero-order chi connectivity index (χ0) is 17.5. The van der Waals surface area contributed by atoms with Crippen molar-refractivity contribution in [3.63, 3.8) is 0 Å². The molecule has 0 spiro atoms. The number of carbonyl (C=O) groups is 1. The molecule has 1 fully saturated rings. The van der Waals surface area contributed by atoms with Gasteiger partial charge in [0.2, 0.25) is 0 Å². The summed E-state index contributed by atoms with van der Waals surface area (Å²) in [6.07, 6.45) is 6.68. The number of likely N-dealkylation sites (tertiary alicyclic amines) is 1. The van der Waals surface area contributed by atoms with Crippen LogP contribution in [0.15, 0.2) is 60.8 Å². The highest BCUT2D eigenvalue weighted by Gasteiger charge is 2.24. The summed E-state index contributed by atoms with van der Waals surface area (Å²) in [5, 5.41) is 9.22. The van der Waals surface area contributed by atoms with Gasteiger partial charge in [-0.3, -0.25) is 9.78 Å². The maximum absolute atomic E-state index is 11.2. The first-order chi connectivity index (χ1) is 12.2. The highest BCUT2D eigenvalue weighted by atomic mass is 16.4. The minimum Gasteiger partial charge on any atom is -0.481 e. The average molecular weight is 336 g/mol. The fourth-order valence-corrected chi connectivity index (χ4v) is 3.36. The summed E-state index contributed by atoms with van der Waals surface area (Å²) in [6, 6.07) is 16.2. The summed E-state index contributed by atoms with van der Waals surface area (Å²) in [5.41, 5.74) is 3.26. The van der Waals surface area contributed by atoms with Gasteiger partial charge < -0.3 is 10.0 Å². The van der Waals surface area contributed by atoms with Gasteiger partial charge in [0, 0.05) is 24.9 Å². The van der Waals surface area contributed by atoms with Crippen LogP contribution < -0.4 is 0 Å². The van der Waals surface area contributed by atoms with Crippen molar-refractivity contribution in [3.05, 3.63) is 72.1 Å². The molecule has 3 rings (SSSR count). The molecular weight excluding hydrogens is 312 g/mol. The van der Waals surface area contributed by atoms with E-state index in [0.29, 0.717) is 6.54 Å². The van der Waals surface area contributed by atoms with Gasteiger partial charge in [0.05, 0.1) is 11.6 Å². The Balaban J connectivity index is 1.70. The van der Waals surface area contributed by atoms with Crippen molar-refractivity contribution in [2.24, 2.45) is 5.92 Å². The summed E-state index contributed by atoms with van der Waals surface area (Å²) >= 11 is 0. The largest absolute Gasteiger partial charge is 0.481 e. The Morgan fingerprint density at radius 1 is 1.20 bits per heavy atom. The number of pyridine rings is 1. The summed E-state index contributed by atoms with van der Waals surface area (Å²) in [5.74, 6) is -0.888. The van der Waals surface area contributed by atoms with Gasteiger partial charge in [0.1, 0.15) is 0 Å². The third kappa shape index (κ3) is 4.77. The minimum absolute atomic E-state index is 0.220. The number of hydrogen-bond donors (Lipinski definition) is 1. The molecule has 0 radical (unpaired) electrons. The standard InChI is InChI=1S/C21H24N2O2/c24-21(25)18-10-6-14-23(16-18)15-7-11-19(17-8-2-1-3-9-17)20-12-4-5-13-22-20/h1-5,8-9,11-13,18H,6-7,10,14-16H2,(H,24,25)/b19-11-. The maximum Gasteiger partial charge on any atom is 0.307 e. The molecule has 1 atom stereocenters. The Morgan fingerprint density at radius 3 is 2.72 bits per heavy atom. The SMILES string of the molecule is O=C(O)C1CCCN(CC/C=C(/c2ccccc2)c2ccccn2)C1. The van der Waals surface area contributed by atoms with E-state index in [0.717, 1.165) is 49.2 Å². The third-order valence-electron chi connectivity index (χ3n) is 4.67. The van der Waals surface area contributed by atoms with Crippen LogP contribution in [0.4, 0.5) is 0 Å². The van der Waals surface area contributed by atoms with E-state index in [1.165, 1.54) is 0 Å². The lowest BCUT2D eigenvalue weighted by Crippen LogP contribution is -2.39. The Hall–Kier alpha value is -2.46. The summed E-state index contributed by atoms with van der Waals surface area (Å²) in [4.78, 5) is 18.0. The van der Waals surface area contributed by atoms with E-state index in [1.54, 1.807) is 0 Å². The van der Waals surface area contributed by atoms with Crippen LogP contribution in [0.25, 0.3) is 5.57 Å². The molecule has 1 aromatic heterocycles. The van der Waals surface area contributed by atoms with E-state index in [4.69, 9.17) is 0 Å². The molecule has 1 aliphatic heterocycles. The van der Waals surface area contributed by atoms with E-state index in [9.17, 15) is 9.90 Å². The third-order valence-corrected chi connectivity index (χ3v) is 4.67. The van der Waals surface area contributed by atoms with Crippen molar-refractivity contribution in [2.45, 2.75) is 19.3 Å². The molecule has 0 bridgehead atoms. The van der Waals surface area contributed by atoms with Gasteiger partial charge in [-0.1, -0.05) is 42.5 Å². The zero-order valence-corrected chi connectivity index (χ0v) is 14.3. The zero-order valence-electron chi connectivity index (χ0n) is 14.3. The number of benzene rings is 1. The number of aliphatic carboxylic acids is 1. The number of carboxylic acid groups (broad SMARTS) is 1. The van der Waals surface area contributed by atoms with Gasteiger partial charge in [-0.05, 0) is 43.5 Å². The van der Waals surface area contributed by atoms with Gasteiger partial charge in [-0.15, -0.1) is 0 Å². The predicted octanol–water partition coefficient (Wildman–Crippen LogP) is 3.70. The molecule has 2 heterocycles. The molecule has 25 heavy (non-hydrogen) atoms. The van der Waals surface area contributed by atoms with Crippen LogP contribution in [-0.2, 0) is 4.79 Å². The lowest BCUT2D eigenvalue weighted by molar-refractivity contribution is -0.143. The Kier molecular flexibility index (Phi) is 5.96. The van der Waals surface area contributed by atoms with Crippen LogP contribution in [0.1, 0.15) is 30.5 Å². The van der Waals surface area contributed by atoms with Crippen LogP contribution in [0.5, 0.6) is 0 Å². The van der Waals surface area contributed by atoms with Crippen LogP contribution >= 0.6 is 0 Å². The maximum atomic E-state index is 11.2. The van der Waals surface area contributed by atoms with Gasteiger partial charge >= 0.3 is 5.97 Å². The van der Waals surface area contributed by atoms with Crippen LogP contribution in [-0.4, -0.2) is 40.6 Å². The van der Waals surface area contributed by atoms with Crippen molar-refractivity contribution in [1.29, 1.82) is 0 Å². The number of hydrogen-bond acceptors (Lipinski definition) is 3. The lowest BCUT2D eigenvalue weighted by Gasteiger charge is -2.30. The summed E-state index contributed by atoms with van der Waals surface area (Å²) in [6.45, 7) is 2.53. The van der Waals surface area contributed by atoms with E-state index in [-0.39, 0.29) is 5.92 Å². The molecule has 1 aromatic carbocycles. The first kappa shape index (κ1) is 17.4. The van der Waals surface area contributed by atoms with E-state index in [2.05, 4.69) is 28.1 Å². The number of rotatable bonds is 6. The lowest BCUT2D eigenvalue weighted by atomic mass is 9.97. The molecular formula is C21H24N2O2. The smallest absolute Gasteiger partial charge is 0.307 e. The van der Waals surface area contributed by atoms with Crippen LogP contribution in [0, 0.1) is 5.92 Å². The highest BCUT2D eigenvalue weighted by molar-refractivity contribution is 5.77. The molecule has 1 aliphatic rings. The number of aromatic nitrogens is 1. The fourth-order valence-electron chi connectivity index (χ4n) is 3.36. The normalized spacial score (nSPS) is 18.9. The molecule has 4 nitrogen and oxygen atoms in total. The molecule has 2 aromatic rings. The fraction of sp³-hybridized carbons (Fsp3) is 0.333. The van der Waals surface area contributed by atoms with E-state index >= 15 is 0 Å². The first-order valence-electron chi connectivity index (χ1n) is 8.86. The number of piperidine rings is 1. The summed E-state index contributed by atoms with van der Waals surface area (Å²) in [7, 11) is 0.